The first-order valence-electron chi connectivity index (χ1n) is 7.96. The third-order valence-electron chi connectivity index (χ3n) is 3.52. The van der Waals surface area contributed by atoms with Crippen LogP contribution in [0.15, 0.2) is 24.3 Å². The lowest BCUT2D eigenvalue weighted by Gasteiger charge is -2.16. The monoisotopic (exact) mass is 371 g/mol. The molecule has 25 heavy (non-hydrogen) atoms. The van der Waals surface area contributed by atoms with Crippen LogP contribution in [0.1, 0.15) is 44.2 Å². The van der Waals surface area contributed by atoms with Gasteiger partial charge >= 0.3 is 12.4 Å². The molecule has 1 unspecified atom stereocenters. The lowest BCUT2D eigenvalue weighted by molar-refractivity contribution is -0.177. The van der Waals surface area contributed by atoms with Gasteiger partial charge in [-0.15, -0.1) is 0 Å². The first-order chi connectivity index (χ1) is 11.6. The van der Waals surface area contributed by atoms with Crippen LogP contribution in [-0.4, -0.2) is 19.1 Å². The van der Waals surface area contributed by atoms with Crippen molar-refractivity contribution in [1.29, 1.82) is 0 Å². The Hall–Kier alpha value is -1.73. The largest absolute Gasteiger partial charge is 0.416 e. The fraction of sp³-hybridized carbons (Fsp3) is 0.588. The molecule has 8 heteroatoms. The highest BCUT2D eigenvalue weighted by atomic mass is 19.4. The van der Waals surface area contributed by atoms with Crippen LogP contribution >= 0.6 is 0 Å². The lowest BCUT2D eigenvalue weighted by Crippen LogP contribution is -2.21. The third-order valence-corrected chi connectivity index (χ3v) is 3.52. The molecule has 0 saturated carbocycles. The van der Waals surface area contributed by atoms with Gasteiger partial charge in [-0.2, -0.15) is 26.3 Å². The van der Waals surface area contributed by atoms with E-state index in [1.54, 1.807) is 13.8 Å². The van der Waals surface area contributed by atoms with Crippen molar-refractivity contribution in [2.24, 2.45) is 5.92 Å². The minimum atomic E-state index is -4.29. The summed E-state index contributed by atoms with van der Waals surface area (Å²) >= 11 is 0. The predicted octanol–water partition coefficient (Wildman–Crippen LogP) is 5.37. The average Bonchev–Trinajstić information content (AvgIpc) is 2.52. The van der Waals surface area contributed by atoms with Crippen molar-refractivity contribution in [2.75, 3.05) is 6.54 Å². The number of carbonyl (C=O) groups is 1. The topological polar surface area (TPSA) is 29.1 Å². The van der Waals surface area contributed by atoms with Gasteiger partial charge in [0.15, 0.2) is 0 Å². The van der Waals surface area contributed by atoms with Crippen LogP contribution < -0.4 is 5.32 Å². The Morgan fingerprint density at radius 3 is 1.92 bits per heavy atom. The first kappa shape index (κ1) is 23.3. The molecule has 1 aromatic rings. The number of amides is 1. The lowest BCUT2D eigenvalue weighted by atomic mass is 10.0. The van der Waals surface area contributed by atoms with E-state index >= 15 is 0 Å². The fourth-order valence-electron chi connectivity index (χ4n) is 2.08. The van der Waals surface area contributed by atoms with Crippen molar-refractivity contribution in [2.45, 2.75) is 51.9 Å². The Kier molecular flexibility index (Phi) is 10.2. The van der Waals surface area contributed by atoms with E-state index in [2.05, 4.69) is 5.32 Å². The van der Waals surface area contributed by atoms with Crippen LogP contribution in [0.2, 0.25) is 0 Å². The number of alkyl halides is 6. The van der Waals surface area contributed by atoms with Crippen molar-refractivity contribution in [3.8, 4) is 0 Å². The molecule has 0 aromatic heterocycles. The fourth-order valence-corrected chi connectivity index (χ4v) is 2.08. The summed E-state index contributed by atoms with van der Waals surface area (Å²) < 4.78 is 72.2. The molecule has 0 heterocycles. The zero-order valence-electron chi connectivity index (χ0n) is 14.2. The van der Waals surface area contributed by atoms with E-state index in [0.29, 0.717) is 25.8 Å². The Morgan fingerprint density at radius 2 is 1.60 bits per heavy atom. The van der Waals surface area contributed by atoms with Gasteiger partial charge in [0.1, 0.15) is 0 Å². The van der Waals surface area contributed by atoms with E-state index < -0.39 is 23.8 Å². The van der Waals surface area contributed by atoms with Crippen molar-refractivity contribution in [1.82, 2.24) is 5.32 Å². The van der Waals surface area contributed by atoms with Crippen molar-refractivity contribution in [3.05, 3.63) is 35.4 Å². The first-order valence-corrected chi connectivity index (χ1v) is 7.96. The second kappa shape index (κ2) is 11.0. The molecule has 0 spiro atoms. The molecule has 0 aliphatic carbocycles. The summed E-state index contributed by atoms with van der Waals surface area (Å²) in [5, 5.41) is 2.44. The van der Waals surface area contributed by atoms with Gasteiger partial charge < -0.3 is 5.32 Å². The van der Waals surface area contributed by atoms with Crippen molar-refractivity contribution < 1.29 is 31.1 Å². The number of benzene rings is 1. The molecule has 0 aliphatic rings. The highest BCUT2D eigenvalue weighted by Gasteiger charge is 2.36. The Morgan fingerprint density at radius 1 is 1.04 bits per heavy atom. The maximum Gasteiger partial charge on any atom is 0.416 e. The molecule has 1 aromatic carbocycles. The highest BCUT2D eigenvalue weighted by Crippen LogP contribution is 2.31. The van der Waals surface area contributed by atoms with Gasteiger partial charge in [-0.05, 0) is 37.0 Å². The number of halogens is 6. The van der Waals surface area contributed by atoms with Crippen molar-refractivity contribution >= 4 is 6.41 Å². The maximum absolute atomic E-state index is 12.2. The Bertz CT molecular complexity index is 481. The quantitative estimate of drug-likeness (QED) is 0.390. The van der Waals surface area contributed by atoms with Crippen LogP contribution in [0.3, 0.4) is 0 Å². The zero-order valence-corrected chi connectivity index (χ0v) is 14.2. The van der Waals surface area contributed by atoms with Crippen LogP contribution in [-0.2, 0) is 17.4 Å². The van der Waals surface area contributed by atoms with Crippen LogP contribution in [0.4, 0.5) is 26.3 Å². The highest BCUT2D eigenvalue weighted by molar-refractivity contribution is 5.45. The maximum atomic E-state index is 12.2. The molecule has 1 rings (SSSR count). The molecule has 0 bridgehead atoms. The van der Waals surface area contributed by atoms with Crippen molar-refractivity contribution in [3.63, 3.8) is 0 Å². The summed E-state index contributed by atoms with van der Waals surface area (Å²) in [6.45, 7) is 3.77. The molecule has 0 aliphatic heterocycles. The Balaban J connectivity index is 0.000000504. The molecule has 1 atom stereocenters. The second-order valence-electron chi connectivity index (χ2n) is 5.45. The smallest absolute Gasteiger partial charge is 0.358 e. The van der Waals surface area contributed by atoms with Gasteiger partial charge in [0.2, 0.25) is 6.41 Å². The van der Waals surface area contributed by atoms with Gasteiger partial charge in [0.25, 0.3) is 0 Å². The van der Waals surface area contributed by atoms with Crippen LogP contribution in [0.5, 0.6) is 0 Å². The standard InChI is InChI=1S/C10H10F3NO.C7H13F3/c11-10(12,13)9-3-1-8(2-4-9)5-6-14-7-15;1-3-5-6(4-2)7(8,9)10/h1-4,7H,5-6H2,(H,14,15);6H,3-5H2,1-2H3. The molecule has 144 valence electrons. The van der Waals surface area contributed by atoms with E-state index in [-0.39, 0.29) is 12.8 Å². The van der Waals surface area contributed by atoms with E-state index in [0.717, 1.165) is 17.7 Å². The molecule has 0 saturated heterocycles. The second-order valence-corrected chi connectivity index (χ2v) is 5.45. The molecule has 1 amide bonds. The van der Waals surface area contributed by atoms with Gasteiger partial charge in [-0.3, -0.25) is 4.79 Å². The minimum absolute atomic E-state index is 0.206. The van der Waals surface area contributed by atoms with E-state index in [1.807, 2.05) is 0 Å². The summed E-state index contributed by atoms with van der Waals surface area (Å²) in [5.41, 5.74) is 0.104. The summed E-state index contributed by atoms with van der Waals surface area (Å²) in [5.74, 6) is -1.09. The summed E-state index contributed by atoms with van der Waals surface area (Å²) in [6, 6.07) is 4.90. The minimum Gasteiger partial charge on any atom is -0.358 e. The number of hydrogen-bond donors (Lipinski definition) is 1. The molecular formula is C17H23F6NO. The summed E-state index contributed by atoms with van der Waals surface area (Å²) in [4.78, 5) is 9.92. The number of carbonyl (C=O) groups excluding carboxylic acids is 1. The average molecular weight is 371 g/mol. The van der Waals surface area contributed by atoms with E-state index in [4.69, 9.17) is 0 Å². The number of hydrogen-bond acceptors (Lipinski definition) is 1. The van der Waals surface area contributed by atoms with Gasteiger partial charge in [0.05, 0.1) is 11.5 Å². The predicted molar refractivity (Wildman–Crippen MR) is 84.0 cm³/mol. The SMILES string of the molecule is CCCC(CC)C(F)(F)F.O=CNCCc1ccc(C(F)(F)F)cc1. The van der Waals surface area contributed by atoms with Crippen LogP contribution in [0.25, 0.3) is 0 Å². The third kappa shape index (κ3) is 9.99. The van der Waals surface area contributed by atoms with E-state index in [1.165, 1.54) is 12.1 Å². The molecule has 2 nitrogen and oxygen atoms in total. The number of nitrogens with one attached hydrogen (secondary N) is 1. The molecule has 1 N–H and O–H groups in total. The number of rotatable bonds is 7. The molecular weight excluding hydrogens is 348 g/mol. The zero-order chi connectivity index (χ0) is 19.5. The van der Waals surface area contributed by atoms with Crippen LogP contribution in [0, 0.1) is 5.92 Å². The summed E-state index contributed by atoms with van der Waals surface area (Å²) in [7, 11) is 0. The van der Waals surface area contributed by atoms with Gasteiger partial charge in [0, 0.05) is 6.54 Å². The van der Waals surface area contributed by atoms with Gasteiger partial charge in [-0.25, -0.2) is 0 Å². The summed E-state index contributed by atoms with van der Waals surface area (Å²) in [6.07, 6.45) is -6.11. The Labute approximate surface area is 143 Å². The normalized spacial score (nSPS) is 12.8. The molecule has 0 fully saturated rings. The van der Waals surface area contributed by atoms with Gasteiger partial charge in [-0.1, -0.05) is 32.4 Å². The molecule has 0 radical (unpaired) electrons. The van der Waals surface area contributed by atoms with E-state index in [9.17, 15) is 31.1 Å².